The van der Waals surface area contributed by atoms with Crippen molar-refractivity contribution in [2.24, 2.45) is 5.92 Å². The first kappa shape index (κ1) is 23.7. The van der Waals surface area contributed by atoms with E-state index in [0.717, 1.165) is 31.0 Å². The van der Waals surface area contributed by atoms with Crippen molar-refractivity contribution in [2.45, 2.75) is 45.3 Å². The smallest absolute Gasteiger partial charge is 0.263 e. The van der Waals surface area contributed by atoms with Gasteiger partial charge in [0.2, 0.25) is 11.8 Å². The van der Waals surface area contributed by atoms with E-state index in [4.69, 9.17) is 4.74 Å². The number of nitrogens with zero attached hydrogens (tertiary/aromatic N) is 2. The summed E-state index contributed by atoms with van der Waals surface area (Å²) in [4.78, 5) is 41.7. The number of nitrogens with one attached hydrogen (secondary N) is 1. The summed E-state index contributed by atoms with van der Waals surface area (Å²) in [7, 11) is 0. The summed E-state index contributed by atoms with van der Waals surface area (Å²) >= 11 is 0. The Balaban J connectivity index is 1.55. The van der Waals surface area contributed by atoms with E-state index in [1.165, 1.54) is 9.80 Å². The van der Waals surface area contributed by atoms with Gasteiger partial charge in [-0.1, -0.05) is 26.0 Å². The van der Waals surface area contributed by atoms with Crippen molar-refractivity contribution in [3.05, 3.63) is 54.1 Å². The summed E-state index contributed by atoms with van der Waals surface area (Å²) in [5.41, 5.74) is 0.587. The zero-order chi connectivity index (χ0) is 24.4. The Morgan fingerprint density at radius 3 is 2.44 bits per heavy atom. The van der Waals surface area contributed by atoms with Crippen molar-refractivity contribution < 1.29 is 27.9 Å². The molecule has 9 heteroatoms. The number of carbonyl (C=O) groups is 3. The minimum absolute atomic E-state index is 0.00110. The number of fused-ring (bicyclic) bond motifs is 1. The predicted molar refractivity (Wildman–Crippen MR) is 123 cm³/mol. The molecular weight excluding hydrogens is 444 g/mol. The maximum atomic E-state index is 13.7. The minimum atomic E-state index is -0.898. The normalized spacial score (nSPS) is 19.7. The quantitative estimate of drug-likeness (QED) is 0.700. The summed E-state index contributed by atoms with van der Waals surface area (Å²) in [6.07, 6.45) is 0.551. The van der Waals surface area contributed by atoms with Gasteiger partial charge in [-0.05, 0) is 37.1 Å². The monoisotopic (exact) mass is 471 g/mol. The van der Waals surface area contributed by atoms with E-state index in [1.54, 1.807) is 24.3 Å². The summed E-state index contributed by atoms with van der Waals surface area (Å²) in [5.74, 6) is -2.97. The third-order valence-corrected chi connectivity index (χ3v) is 6.30. The van der Waals surface area contributed by atoms with Crippen LogP contribution < -0.4 is 19.9 Å². The van der Waals surface area contributed by atoms with E-state index in [-0.39, 0.29) is 43.1 Å². The van der Waals surface area contributed by atoms with Crippen molar-refractivity contribution in [3.8, 4) is 5.75 Å². The lowest BCUT2D eigenvalue weighted by Gasteiger charge is -2.35. The second kappa shape index (κ2) is 9.79. The average Bonchev–Trinajstić information content (AvgIpc) is 3.22. The molecule has 2 heterocycles. The fourth-order valence-corrected chi connectivity index (χ4v) is 4.40. The van der Waals surface area contributed by atoms with E-state index >= 15 is 0 Å². The van der Waals surface area contributed by atoms with E-state index in [2.05, 4.69) is 5.32 Å². The van der Waals surface area contributed by atoms with Crippen LogP contribution in [0, 0.1) is 17.6 Å². The lowest BCUT2D eigenvalue weighted by atomic mass is 10.0. The summed E-state index contributed by atoms with van der Waals surface area (Å²) in [6, 6.07) is 9.78. The number of benzene rings is 2. The van der Waals surface area contributed by atoms with E-state index in [9.17, 15) is 23.2 Å². The van der Waals surface area contributed by atoms with Gasteiger partial charge in [-0.25, -0.2) is 8.78 Å². The molecule has 34 heavy (non-hydrogen) atoms. The Morgan fingerprint density at radius 2 is 1.76 bits per heavy atom. The maximum absolute atomic E-state index is 13.7. The van der Waals surface area contributed by atoms with Crippen LogP contribution in [0.1, 0.15) is 33.1 Å². The van der Waals surface area contributed by atoms with Gasteiger partial charge in [-0.3, -0.25) is 14.4 Å². The van der Waals surface area contributed by atoms with E-state index in [1.807, 2.05) is 13.8 Å². The van der Waals surface area contributed by atoms with Crippen LogP contribution >= 0.6 is 0 Å². The SMILES string of the molecule is CCC(CC)NC(=O)C1CN(C(=O)C2CC(=O)N(c3cc(F)cc(F)c3)C2)c2ccccc2O1. The first-order chi connectivity index (χ1) is 16.3. The largest absolute Gasteiger partial charge is 0.477 e. The number of rotatable bonds is 6. The van der Waals surface area contributed by atoms with E-state index in [0.29, 0.717) is 11.4 Å². The highest BCUT2D eigenvalue weighted by molar-refractivity contribution is 6.05. The summed E-state index contributed by atoms with van der Waals surface area (Å²) in [6.45, 7) is 3.95. The summed E-state index contributed by atoms with van der Waals surface area (Å²) in [5, 5.41) is 2.96. The zero-order valence-corrected chi connectivity index (χ0v) is 19.1. The molecule has 0 spiro atoms. The Bertz CT molecular complexity index is 1090. The third kappa shape index (κ3) is 4.73. The van der Waals surface area contributed by atoms with Gasteiger partial charge in [0.25, 0.3) is 5.91 Å². The lowest BCUT2D eigenvalue weighted by Crippen LogP contribution is -2.53. The van der Waals surface area contributed by atoms with Crippen LogP contribution in [0.2, 0.25) is 0 Å². The first-order valence-corrected chi connectivity index (χ1v) is 11.4. The van der Waals surface area contributed by atoms with Gasteiger partial charge in [-0.2, -0.15) is 0 Å². The second-order valence-corrected chi connectivity index (χ2v) is 8.58. The first-order valence-electron chi connectivity index (χ1n) is 11.4. The predicted octanol–water partition coefficient (Wildman–Crippen LogP) is 3.42. The number of carbonyl (C=O) groups excluding carboxylic acids is 3. The fraction of sp³-hybridized carbons (Fsp3) is 0.400. The van der Waals surface area contributed by atoms with Crippen molar-refractivity contribution in [1.82, 2.24) is 5.32 Å². The molecule has 7 nitrogen and oxygen atoms in total. The number of hydrogen-bond donors (Lipinski definition) is 1. The summed E-state index contributed by atoms with van der Waals surface area (Å²) < 4.78 is 33.2. The number of para-hydroxylation sites is 2. The molecule has 3 amide bonds. The molecule has 0 aromatic heterocycles. The molecule has 0 saturated carbocycles. The minimum Gasteiger partial charge on any atom is -0.477 e. The molecule has 4 rings (SSSR count). The molecule has 1 saturated heterocycles. The number of anilines is 2. The standard InChI is InChI=1S/C25H27F2N3O4/c1-3-18(4-2)28-24(32)22-14-30(20-7-5-6-8-21(20)34-22)25(33)15-9-23(31)29(13-15)19-11-16(26)10-17(27)12-19/h5-8,10-12,15,18,22H,3-4,9,13-14H2,1-2H3,(H,28,32). The van der Waals surface area contributed by atoms with Gasteiger partial charge in [0.15, 0.2) is 6.10 Å². The van der Waals surface area contributed by atoms with Crippen LogP contribution in [-0.4, -0.2) is 43.0 Å². The van der Waals surface area contributed by atoms with Gasteiger partial charge in [0.05, 0.1) is 18.2 Å². The average molecular weight is 472 g/mol. The van der Waals surface area contributed by atoms with Crippen LogP contribution in [0.4, 0.5) is 20.2 Å². The Kier molecular flexibility index (Phi) is 6.81. The third-order valence-electron chi connectivity index (χ3n) is 6.30. The molecule has 2 atom stereocenters. The van der Waals surface area contributed by atoms with Crippen molar-refractivity contribution in [2.75, 3.05) is 22.9 Å². The second-order valence-electron chi connectivity index (χ2n) is 8.58. The van der Waals surface area contributed by atoms with Crippen molar-refractivity contribution >= 4 is 29.1 Å². The molecular formula is C25H27F2N3O4. The Morgan fingerprint density at radius 1 is 1.09 bits per heavy atom. The van der Waals surface area contributed by atoms with Gasteiger partial charge in [0.1, 0.15) is 17.4 Å². The molecule has 1 N–H and O–H groups in total. The van der Waals surface area contributed by atoms with Crippen LogP contribution in [0.5, 0.6) is 5.75 Å². The number of hydrogen-bond acceptors (Lipinski definition) is 4. The fourth-order valence-electron chi connectivity index (χ4n) is 4.40. The van der Waals surface area contributed by atoms with Gasteiger partial charge in [0, 0.05) is 30.8 Å². The van der Waals surface area contributed by atoms with Crippen molar-refractivity contribution in [3.63, 3.8) is 0 Å². The maximum Gasteiger partial charge on any atom is 0.263 e. The number of ether oxygens (including phenoxy) is 1. The molecule has 2 aliphatic heterocycles. The molecule has 2 aliphatic rings. The highest BCUT2D eigenvalue weighted by Gasteiger charge is 2.41. The van der Waals surface area contributed by atoms with E-state index < -0.39 is 29.6 Å². The molecule has 2 unspecified atom stereocenters. The van der Waals surface area contributed by atoms with Gasteiger partial charge >= 0.3 is 0 Å². The van der Waals surface area contributed by atoms with Crippen LogP contribution in [-0.2, 0) is 14.4 Å². The van der Waals surface area contributed by atoms with Crippen LogP contribution in [0.15, 0.2) is 42.5 Å². The molecule has 0 bridgehead atoms. The topological polar surface area (TPSA) is 79.0 Å². The molecule has 0 aliphatic carbocycles. The molecule has 180 valence electrons. The van der Waals surface area contributed by atoms with Gasteiger partial charge < -0.3 is 19.9 Å². The molecule has 0 radical (unpaired) electrons. The molecule has 2 aromatic rings. The highest BCUT2D eigenvalue weighted by atomic mass is 19.1. The van der Waals surface area contributed by atoms with Crippen LogP contribution in [0.3, 0.4) is 0 Å². The lowest BCUT2D eigenvalue weighted by molar-refractivity contribution is -0.129. The van der Waals surface area contributed by atoms with Gasteiger partial charge in [-0.15, -0.1) is 0 Å². The molecule has 2 aromatic carbocycles. The number of amides is 3. The zero-order valence-electron chi connectivity index (χ0n) is 19.1. The Hall–Kier alpha value is -3.49. The number of halogens is 2. The Labute approximate surface area is 196 Å². The van der Waals surface area contributed by atoms with Crippen molar-refractivity contribution in [1.29, 1.82) is 0 Å². The molecule has 1 fully saturated rings. The highest BCUT2D eigenvalue weighted by Crippen LogP contribution is 2.36. The van der Waals surface area contributed by atoms with Crippen LogP contribution in [0.25, 0.3) is 0 Å².